The van der Waals surface area contributed by atoms with E-state index >= 15 is 0 Å². The first-order valence-corrected chi connectivity index (χ1v) is 11.6. The van der Waals surface area contributed by atoms with E-state index in [-0.39, 0.29) is 5.56 Å². The number of fused-ring (bicyclic) bond motifs is 1. The summed E-state index contributed by atoms with van der Waals surface area (Å²) in [6.45, 7) is 5.61. The molecule has 2 aliphatic heterocycles. The van der Waals surface area contributed by atoms with Crippen LogP contribution in [0.4, 0.5) is 10.1 Å². The Hall–Kier alpha value is -2.65. The van der Waals surface area contributed by atoms with Gasteiger partial charge in [0.2, 0.25) is 0 Å². The van der Waals surface area contributed by atoms with Crippen LogP contribution < -0.4 is 10.6 Å². The molecular formula is C22H24FN3O4S. The van der Waals surface area contributed by atoms with E-state index in [2.05, 4.69) is 10.6 Å². The highest BCUT2D eigenvalue weighted by Crippen LogP contribution is 2.31. The van der Waals surface area contributed by atoms with Crippen LogP contribution in [0.3, 0.4) is 0 Å². The van der Waals surface area contributed by atoms with Crippen molar-refractivity contribution >= 4 is 34.5 Å². The second-order valence-corrected chi connectivity index (χ2v) is 10.00. The van der Waals surface area contributed by atoms with E-state index in [0.717, 1.165) is 6.42 Å². The van der Waals surface area contributed by atoms with Gasteiger partial charge in [-0.2, -0.15) is 0 Å². The van der Waals surface area contributed by atoms with Crippen molar-refractivity contribution in [3.05, 3.63) is 52.1 Å². The number of aromatic nitrogens is 1. The number of Topliss-reactive ketones (excluding diaryl/α,β-unsaturated/α-hetero) is 1. The molecule has 7 nitrogen and oxygen atoms in total. The highest BCUT2D eigenvalue weighted by atomic mass is 32.2. The zero-order valence-corrected chi connectivity index (χ0v) is 18.5. The highest BCUT2D eigenvalue weighted by Gasteiger charge is 2.47. The lowest BCUT2D eigenvalue weighted by Gasteiger charge is -2.39. The molecule has 0 spiro atoms. The fourth-order valence-electron chi connectivity index (χ4n) is 4.36. The number of aryl methyl sites for hydroxylation is 1. The van der Waals surface area contributed by atoms with Crippen molar-refractivity contribution in [2.75, 3.05) is 16.8 Å². The smallest absolute Gasteiger partial charge is 0.293 e. The third-order valence-electron chi connectivity index (χ3n) is 5.86. The molecule has 0 unspecified atom stereocenters. The normalized spacial score (nSPS) is 21.9. The second-order valence-electron chi connectivity index (χ2n) is 8.54. The van der Waals surface area contributed by atoms with Crippen LogP contribution >= 0.6 is 0 Å². The van der Waals surface area contributed by atoms with Gasteiger partial charge in [0.15, 0.2) is 0 Å². The first-order valence-electron chi connectivity index (χ1n) is 10.1. The lowest BCUT2D eigenvalue weighted by atomic mass is 10.0. The lowest BCUT2D eigenvalue weighted by Crippen LogP contribution is -2.64. The summed E-state index contributed by atoms with van der Waals surface area (Å²) in [7, 11) is 0. The van der Waals surface area contributed by atoms with Crippen molar-refractivity contribution in [1.29, 1.82) is 0 Å². The van der Waals surface area contributed by atoms with Gasteiger partial charge >= 0.3 is 0 Å². The van der Waals surface area contributed by atoms with Gasteiger partial charge in [-0.3, -0.25) is 14.4 Å². The molecule has 9 heteroatoms. The SMILES string of the molecule is Cc1ccc(NC(=O)c2c(C)c(C(=O)C(=O)NC3(C)C[S+]([O-])C3)c3n2CCC3)cc1F. The van der Waals surface area contributed by atoms with Crippen LogP contribution in [0.5, 0.6) is 0 Å². The van der Waals surface area contributed by atoms with E-state index in [1.165, 1.54) is 6.07 Å². The van der Waals surface area contributed by atoms with Crippen LogP contribution in [0.2, 0.25) is 0 Å². The molecule has 1 aromatic heterocycles. The molecule has 2 amide bonds. The van der Waals surface area contributed by atoms with Crippen molar-refractivity contribution < 1.29 is 23.3 Å². The second kappa shape index (κ2) is 7.80. The standard InChI is InChI=1S/C22H24FN3O4S/c1-12-6-7-14(9-15(12)23)24-20(28)18-13(2)17(16-5-4-8-26(16)18)19(27)21(29)25-22(3)10-31(30)11-22/h6-7,9H,4-5,8,10-11H2,1-3H3,(H,24,28)(H,25,29). The Morgan fingerprint density at radius 2 is 1.94 bits per heavy atom. The molecule has 0 radical (unpaired) electrons. The number of rotatable bonds is 5. The van der Waals surface area contributed by atoms with Gasteiger partial charge in [-0.15, -0.1) is 0 Å². The van der Waals surface area contributed by atoms with Crippen molar-refractivity contribution in [1.82, 2.24) is 9.88 Å². The van der Waals surface area contributed by atoms with Crippen molar-refractivity contribution in [2.24, 2.45) is 0 Å². The minimum absolute atomic E-state index is 0.249. The Balaban J connectivity index is 1.61. The summed E-state index contributed by atoms with van der Waals surface area (Å²) >= 11 is -0.974. The number of benzene rings is 1. The maximum absolute atomic E-state index is 13.9. The average molecular weight is 446 g/mol. The van der Waals surface area contributed by atoms with Gasteiger partial charge in [0, 0.05) is 17.9 Å². The largest absolute Gasteiger partial charge is 0.616 e. The molecule has 164 valence electrons. The van der Waals surface area contributed by atoms with Crippen LogP contribution in [0, 0.1) is 19.7 Å². The van der Waals surface area contributed by atoms with Gasteiger partial charge in [-0.25, -0.2) is 4.39 Å². The molecule has 1 saturated heterocycles. The molecule has 2 aromatic rings. The first-order chi connectivity index (χ1) is 14.6. The molecule has 0 atom stereocenters. The fourth-order valence-corrected chi connectivity index (χ4v) is 5.84. The molecule has 0 aliphatic carbocycles. The van der Waals surface area contributed by atoms with Crippen LogP contribution in [0.1, 0.15) is 51.0 Å². The predicted octanol–water partition coefficient (Wildman–Crippen LogP) is 2.26. The van der Waals surface area contributed by atoms with E-state index in [0.29, 0.717) is 52.7 Å². The first kappa shape index (κ1) is 21.6. The number of nitrogens with zero attached hydrogens (tertiary/aromatic N) is 1. The van der Waals surface area contributed by atoms with Gasteiger partial charge in [0.1, 0.15) is 28.6 Å². The summed E-state index contributed by atoms with van der Waals surface area (Å²) in [5.41, 5.74) is 1.80. The van der Waals surface area contributed by atoms with Crippen LogP contribution in [-0.4, -0.2) is 43.8 Å². The molecule has 1 aromatic carbocycles. The van der Waals surface area contributed by atoms with Gasteiger partial charge in [-0.05, 0) is 68.0 Å². The summed E-state index contributed by atoms with van der Waals surface area (Å²) in [5, 5.41) is 5.39. The molecule has 1 fully saturated rings. The summed E-state index contributed by atoms with van der Waals surface area (Å²) in [5.74, 6) is -1.69. The zero-order chi connectivity index (χ0) is 22.5. The Labute approximate surface area is 182 Å². The Morgan fingerprint density at radius 1 is 1.23 bits per heavy atom. The van der Waals surface area contributed by atoms with E-state index in [1.807, 2.05) is 0 Å². The minimum atomic E-state index is -0.974. The quantitative estimate of drug-likeness (QED) is 0.419. The number of carbonyl (C=O) groups excluding carboxylic acids is 3. The topological polar surface area (TPSA) is 103 Å². The number of anilines is 1. The molecule has 0 bridgehead atoms. The van der Waals surface area contributed by atoms with E-state index in [9.17, 15) is 23.3 Å². The number of carbonyl (C=O) groups is 3. The average Bonchev–Trinajstić information content (AvgIpc) is 3.22. The number of hydrogen-bond donors (Lipinski definition) is 2. The molecule has 3 heterocycles. The molecule has 4 rings (SSSR count). The van der Waals surface area contributed by atoms with E-state index in [4.69, 9.17) is 0 Å². The molecule has 0 saturated carbocycles. The molecular weight excluding hydrogens is 421 g/mol. The third kappa shape index (κ3) is 3.87. The fraction of sp³-hybridized carbons (Fsp3) is 0.409. The maximum Gasteiger partial charge on any atom is 0.293 e. The van der Waals surface area contributed by atoms with Crippen LogP contribution in [0.25, 0.3) is 0 Å². The lowest BCUT2D eigenvalue weighted by molar-refractivity contribution is -0.118. The summed E-state index contributed by atoms with van der Waals surface area (Å²) in [4.78, 5) is 38.7. The molecule has 2 N–H and O–H groups in total. The summed E-state index contributed by atoms with van der Waals surface area (Å²) in [6.07, 6.45) is 1.34. The van der Waals surface area contributed by atoms with E-state index < -0.39 is 40.1 Å². The monoisotopic (exact) mass is 445 g/mol. The maximum atomic E-state index is 13.9. The van der Waals surface area contributed by atoms with Crippen LogP contribution in [-0.2, 0) is 28.9 Å². The minimum Gasteiger partial charge on any atom is -0.616 e. The molecule has 2 aliphatic rings. The predicted molar refractivity (Wildman–Crippen MR) is 115 cm³/mol. The van der Waals surface area contributed by atoms with Crippen LogP contribution in [0.15, 0.2) is 18.2 Å². The number of hydrogen-bond acceptors (Lipinski definition) is 4. The number of amides is 2. The third-order valence-corrected chi connectivity index (χ3v) is 7.78. The molecule has 31 heavy (non-hydrogen) atoms. The van der Waals surface area contributed by atoms with Crippen molar-refractivity contribution in [2.45, 2.75) is 45.7 Å². The van der Waals surface area contributed by atoms with E-state index in [1.54, 1.807) is 37.5 Å². The highest BCUT2D eigenvalue weighted by molar-refractivity contribution is 7.93. The Bertz CT molecular complexity index is 1100. The van der Waals surface area contributed by atoms with Crippen molar-refractivity contribution in [3.63, 3.8) is 0 Å². The van der Waals surface area contributed by atoms with Gasteiger partial charge in [-0.1, -0.05) is 6.07 Å². The van der Waals surface area contributed by atoms with Crippen molar-refractivity contribution in [3.8, 4) is 0 Å². The summed E-state index contributed by atoms with van der Waals surface area (Å²) in [6, 6.07) is 4.44. The Kier molecular flexibility index (Phi) is 5.43. The zero-order valence-electron chi connectivity index (χ0n) is 17.6. The number of ketones is 1. The number of nitrogens with one attached hydrogen (secondary N) is 2. The summed E-state index contributed by atoms with van der Waals surface area (Å²) < 4.78 is 27.0. The van der Waals surface area contributed by atoms with Gasteiger partial charge < -0.3 is 19.8 Å². The number of halogens is 1. The van der Waals surface area contributed by atoms with Gasteiger partial charge in [0.25, 0.3) is 17.6 Å². The Morgan fingerprint density at radius 3 is 2.58 bits per heavy atom. The van der Waals surface area contributed by atoms with Gasteiger partial charge in [0.05, 0.1) is 5.56 Å².